The van der Waals surface area contributed by atoms with Crippen LogP contribution in [-0.4, -0.2) is 12.8 Å². The van der Waals surface area contributed by atoms with Crippen molar-refractivity contribution < 1.29 is 0 Å². The summed E-state index contributed by atoms with van der Waals surface area (Å²) in [6, 6.07) is 8.46. The quantitative estimate of drug-likeness (QED) is 0.582. The molecule has 1 rings (SSSR count). The van der Waals surface area contributed by atoms with Crippen LogP contribution in [0, 0.1) is 0 Å². The average Bonchev–Trinajstić information content (AvgIpc) is 2.18. The zero-order chi connectivity index (χ0) is 10.4. The van der Waals surface area contributed by atoms with Gasteiger partial charge in [-0.25, -0.2) is 0 Å². The van der Waals surface area contributed by atoms with Gasteiger partial charge in [-0.3, -0.25) is 0 Å². The summed E-state index contributed by atoms with van der Waals surface area (Å²) in [5, 5.41) is 3.38. The van der Waals surface area contributed by atoms with E-state index in [4.69, 9.17) is 0 Å². The van der Waals surface area contributed by atoms with E-state index in [1.165, 1.54) is 16.2 Å². The second-order valence-corrected chi connectivity index (χ2v) is 4.25. The molecule has 0 unspecified atom stereocenters. The second-order valence-electron chi connectivity index (χ2n) is 3.37. The summed E-state index contributed by atoms with van der Waals surface area (Å²) in [6.45, 7) is 6.90. The van der Waals surface area contributed by atoms with Crippen molar-refractivity contribution in [3.63, 3.8) is 0 Å². The molecule has 0 radical (unpaired) electrons. The van der Waals surface area contributed by atoms with Gasteiger partial charge in [0, 0.05) is 17.1 Å². The van der Waals surface area contributed by atoms with Gasteiger partial charge in [0.1, 0.15) is 0 Å². The predicted octanol–water partition coefficient (Wildman–Crippen LogP) is 3.79. The van der Waals surface area contributed by atoms with E-state index in [-0.39, 0.29) is 0 Å². The number of hydrogen-bond acceptors (Lipinski definition) is 2. The van der Waals surface area contributed by atoms with E-state index in [9.17, 15) is 0 Å². The molecule has 0 aliphatic carbocycles. The zero-order valence-electron chi connectivity index (χ0n) is 8.84. The lowest BCUT2D eigenvalue weighted by molar-refractivity contribution is 1.00. The van der Waals surface area contributed by atoms with Crippen LogP contribution in [0.1, 0.15) is 13.3 Å². The van der Waals surface area contributed by atoms with Crippen molar-refractivity contribution in [1.82, 2.24) is 0 Å². The smallest absolute Gasteiger partial charge is 0.0351 e. The average molecular weight is 207 g/mol. The molecule has 0 spiro atoms. The summed E-state index contributed by atoms with van der Waals surface area (Å²) in [5.74, 6) is 0. The Morgan fingerprint density at radius 2 is 2.29 bits per heavy atom. The van der Waals surface area contributed by atoms with Gasteiger partial charge in [0.05, 0.1) is 0 Å². The van der Waals surface area contributed by atoms with Gasteiger partial charge in [-0.1, -0.05) is 11.6 Å². The normalized spacial score (nSPS) is 9.86. The van der Waals surface area contributed by atoms with Crippen LogP contribution in [0.3, 0.4) is 0 Å². The first kappa shape index (κ1) is 11.2. The highest BCUT2D eigenvalue weighted by Gasteiger charge is 1.93. The highest BCUT2D eigenvalue weighted by atomic mass is 32.2. The van der Waals surface area contributed by atoms with Crippen molar-refractivity contribution in [2.24, 2.45) is 0 Å². The lowest BCUT2D eigenvalue weighted by Crippen LogP contribution is -2.01. The summed E-state index contributed by atoms with van der Waals surface area (Å²) in [6.07, 6.45) is 3.12. The Morgan fingerprint density at radius 1 is 1.50 bits per heavy atom. The molecule has 0 saturated carbocycles. The lowest BCUT2D eigenvalue weighted by Gasteiger charge is -2.07. The van der Waals surface area contributed by atoms with Gasteiger partial charge in [0.25, 0.3) is 0 Å². The van der Waals surface area contributed by atoms with Gasteiger partial charge in [-0.05, 0) is 37.8 Å². The fourth-order valence-corrected chi connectivity index (χ4v) is 1.61. The van der Waals surface area contributed by atoms with E-state index in [1.54, 1.807) is 11.8 Å². The standard InChI is InChI=1S/C12H17NS/c1-10(2)7-8-13-11-5-4-6-12(9-11)14-3/h4-6,9,13H,1,7-8H2,2-3H3. The minimum Gasteiger partial charge on any atom is -0.385 e. The van der Waals surface area contributed by atoms with Crippen molar-refractivity contribution >= 4 is 17.4 Å². The van der Waals surface area contributed by atoms with Crippen LogP contribution in [0.5, 0.6) is 0 Å². The van der Waals surface area contributed by atoms with Crippen molar-refractivity contribution in [3.8, 4) is 0 Å². The third-order valence-corrected chi connectivity index (χ3v) is 2.68. The molecule has 0 atom stereocenters. The lowest BCUT2D eigenvalue weighted by atomic mass is 10.2. The van der Waals surface area contributed by atoms with Crippen LogP contribution < -0.4 is 5.32 Å². The fraction of sp³-hybridized carbons (Fsp3) is 0.333. The van der Waals surface area contributed by atoms with E-state index in [1.807, 2.05) is 0 Å². The molecule has 0 bridgehead atoms. The van der Waals surface area contributed by atoms with E-state index in [0.29, 0.717) is 0 Å². The maximum atomic E-state index is 3.88. The van der Waals surface area contributed by atoms with E-state index < -0.39 is 0 Å². The summed E-state index contributed by atoms with van der Waals surface area (Å²) < 4.78 is 0. The highest BCUT2D eigenvalue weighted by molar-refractivity contribution is 7.98. The van der Waals surface area contributed by atoms with Gasteiger partial charge in [0.2, 0.25) is 0 Å². The molecule has 14 heavy (non-hydrogen) atoms. The summed E-state index contributed by atoms with van der Waals surface area (Å²) in [5.41, 5.74) is 2.41. The molecule has 0 saturated heterocycles. The molecule has 0 heterocycles. The van der Waals surface area contributed by atoms with Crippen molar-refractivity contribution in [2.75, 3.05) is 18.1 Å². The molecule has 1 N–H and O–H groups in total. The van der Waals surface area contributed by atoms with E-state index in [2.05, 4.69) is 49.3 Å². The largest absolute Gasteiger partial charge is 0.385 e. The first-order valence-electron chi connectivity index (χ1n) is 4.74. The molecule has 2 heteroatoms. The summed E-state index contributed by atoms with van der Waals surface area (Å²) in [4.78, 5) is 1.30. The molecule has 1 aromatic rings. The Morgan fingerprint density at radius 3 is 2.93 bits per heavy atom. The van der Waals surface area contributed by atoms with Crippen molar-refractivity contribution in [3.05, 3.63) is 36.4 Å². The Hall–Kier alpha value is -0.890. The highest BCUT2D eigenvalue weighted by Crippen LogP contribution is 2.18. The molecule has 0 amide bonds. The third kappa shape index (κ3) is 3.88. The molecule has 0 aliphatic rings. The van der Waals surface area contributed by atoms with Crippen molar-refractivity contribution in [2.45, 2.75) is 18.2 Å². The number of benzene rings is 1. The molecule has 0 fully saturated rings. The van der Waals surface area contributed by atoms with Crippen molar-refractivity contribution in [1.29, 1.82) is 0 Å². The molecule has 76 valence electrons. The number of hydrogen-bond donors (Lipinski definition) is 1. The minimum absolute atomic E-state index is 0.965. The zero-order valence-corrected chi connectivity index (χ0v) is 9.66. The second kappa shape index (κ2) is 5.76. The Balaban J connectivity index is 2.46. The number of anilines is 1. The summed E-state index contributed by atoms with van der Waals surface area (Å²) >= 11 is 1.77. The minimum atomic E-state index is 0.965. The van der Waals surface area contributed by atoms with E-state index in [0.717, 1.165) is 13.0 Å². The molecular formula is C12H17NS. The third-order valence-electron chi connectivity index (χ3n) is 1.95. The van der Waals surface area contributed by atoms with Crippen LogP contribution >= 0.6 is 11.8 Å². The molecule has 1 nitrogen and oxygen atoms in total. The number of rotatable bonds is 5. The first-order chi connectivity index (χ1) is 6.72. The van der Waals surface area contributed by atoms with Gasteiger partial charge >= 0.3 is 0 Å². The maximum Gasteiger partial charge on any atom is 0.0351 e. The molecular weight excluding hydrogens is 190 g/mol. The van der Waals surface area contributed by atoms with Gasteiger partial charge in [-0.2, -0.15) is 0 Å². The topological polar surface area (TPSA) is 12.0 Å². The monoisotopic (exact) mass is 207 g/mol. The summed E-state index contributed by atoms with van der Waals surface area (Å²) in [7, 11) is 0. The van der Waals surface area contributed by atoms with Crippen LogP contribution in [-0.2, 0) is 0 Å². The van der Waals surface area contributed by atoms with Gasteiger partial charge < -0.3 is 5.32 Å². The predicted molar refractivity (Wildman–Crippen MR) is 66.1 cm³/mol. The Kier molecular flexibility index (Phi) is 4.60. The molecule has 1 aromatic carbocycles. The number of thioether (sulfide) groups is 1. The molecule has 0 aliphatic heterocycles. The Bertz CT molecular complexity index is 307. The molecule has 0 aromatic heterocycles. The van der Waals surface area contributed by atoms with Gasteiger partial charge in [-0.15, -0.1) is 18.3 Å². The van der Waals surface area contributed by atoms with E-state index >= 15 is 0 Å². The van der Waals surface area contributed by atoms with Gasteiger partial charge in [0.15, 0.2) is 0 Å². The SMILES string of the molecule is C=C(C)CCNc1cccc(SC)c1. The van der Waals surface area contributed by atoms with Crippen LogP contribution in [0.15, 0.2) is 41.3 Å². The van der Waals surface area contributed by atoms with Crippen LogP contribution in [0.25, 0.3) is 0 Å². The van der Waals surface area contributed by atoms with Crippen LogP contribution in [0.2, 0.25) is 0 Å². The van der Waals surface area contributed by atoms with Crippen LogP contribution in [0.4, 0.5) is 5.69 Å². The maximum absolute atomic E-state index is 3.88. The first-order valence-corrected chi connectivity index (χ1v) is 5.97. The fourth-order valence-electron chi connectivity index (χ4n) is 1.15. The Labute approximate surface area is 90.6 Å². The number of nitrogens with one attached hydrogen (secondary N) is 1.